The lowest BCUT2D eigenvalue weighted by Gasteiger charge is -2.26. The van der Waals surface area contributed by atoms with Crippen molar-refractivity contribution in [2.24, 2.45) is 0 Å². The van der Waals surface area contributed by atoms with E-state index in [9.17, 15) is 9.18 Å². The van der Waals surface area contributed by atoms with Crippen molar-refractivity contribution in [3.63, 3.8) is 0 Å². The van der Waals surface area contributed by atoms with Crippen molar-refractivity contribution in [2.75, 3.05) is 24.6 Å². The number of nitrogens with zero attached hydrogens (tertiary/aromatic N) is 1. The molecule has 0 amide bonds. The number of benzene rings is 1. The number of carbonyl (C=O) groups excluding carboxylic acids is 1. The molecule has 2 nitrogen and oxygen atoms in total. The van der Waals surface area contributed by atoms with E-state index in [2.05, 4.69) is 4.90 Å². The Bertz CT molecular complexity index is 399. The van der Waals surface area contributed by atoms with Gasteiger partial charge in [-0.25, -0.2) is 4.39 Å². The Labute approximate surface area is 112 Å². The highest BCUT2D eigenvalue weighted by molar-refractivity contribution is 7.99. The molecule has 0 radical (unpaired) electrons. The fourth-order valence-corrected chi connectivity index (χ4v) is 3.07. The number of rotatable bonds is 3. The summed E-state index contributed by atoms with van der Waals surface area (Å²) in [7, 11) is 0. The normalized spacial score (nSPS) is 19.2. The zero-order valence-corrected chi connectivity index (χ0v) is 11.4. The Morgan fingerprint density at radius 1 is 1.28 bits per heavy atom. The highest BCUT2D eigenvalue weighted by Gasteiger charge is 2.23. The monoisotopic (exact) mass is 267 g/mol. The van der Waals surface area contributed by atoms with Crippen LogP contribution < -0.4 is 0 Å². The molecule has 1 saturated heterocycles. The predicted octanol–water partition coefficient (Wildman–Crippen LogP) is 2.84. The largest absolute Gasteiger partial charge is 0.293 e. The second kappa shape index (κ2) is 6.34. The molecule has 1 aliphatic rings. The van der Waals surface area contributed by atoms with E-state index in [1.807, 2.05) is 18.7 Å². The van der Waals surface area contributed by atoms with E-state index in [4.69, 9.17) is 0 Å². The summed E-state index contributed by atoms with van der Waals surface area (Å²) in [5.41, 5.74) is 0.598. The topological polar surface area (TPSA) is 20.3 Å². The number of hydrogen-bond acceptors (Lipinski definition) is 3. The molecule has 0 saturated carbocycles. The van der Waals surface area contributed by atoms with Gasteiger partial charge in [0.1, 0.15) is 5.82 Å². The average Bonchev–Trinajstić information content (AvgIpc) is 2.67. The Morgan fingerprint density at radius 3 is 2.72 bits per heavy atom. The smallest absolute Gasteiger partial charge is 0.179 e. The molecule has 1 aromatic carbocycles. The number of thioether (sulfide) groups is 1. The van der Waals surface area contributed by atoms with Gasteiger partial charge in [-0.05, 0) is 49.9 Å². The lowest BCUT2D eigenvalue weighted by atomic mass is 10.0. The minimum absolute atomic E-state index is 0.0851. The standard InChI is InChI=1S/C14H18FNOS/c1-11(16-7-2-9-18-10-8-16)14(17)12-3-5-13(15)6-4-12/h3-6,11H,2,7-10H2,1H3. The van der Waals surface area contributed by atoms with Gasteiger partial charge in [-0.2, -0.15) is 11.8 Å². The van der Waals surface area contributed by atoms with Crippen LogP contribution in [0.2, 0.25) is 0 Å². The molecule has 0 aromatic heterocycles. The second-order valence-corrected chi connectivity index (χ2v) is 5.77. The molecule has 1 unspecified atom stereocenters. The van der Waals surface area contributed by atoms with E-state index in [0.717, 1.165) is 25.3 Å². The lowest BCUT2D eigenvalue weighted by molar-refractivity contribution is 0.0848. The molecule has 4 heteroatoms. The summed E-state index contributed by atoms with van der Waals surface area (Å²) in [6, 6.07) is 5.71. The maximum absolute atomic E-state index is 12.8. The van der Waals surface area contributed by atoms with Gasteiger partial charge in [0.15, 0.2) is 5.78 Å². The first-order valence-corrected chi connectivity index (χ1v) is 7.45. The summed E-state index contributed by atoms with van der Waals surface area (Å²) in [6.07, 6.45) is 1.13. The highest BCUT2D eigenvalue weighted by Crippen LogP contribution is 2.15. The van der Waals surface area contributed by atoms with Gasteiger partial charge in [-0.3, -0.25) is 9.69 Å². The van der Waals surface area contributed by atoms with Gasteiger partial charge in [0, 0.05) is 17.9 Å². The van der Waals surface area contributed by atoms with E-state index >= 15 is 0 Å². The van der Waals surface area contributed by atoms with Gasteiger partial charge in [0.2, 0.25) is 0 Å². The molecule has 0 spiro atoms. The van der Waals surface area contributed by atoms with Gasteiger partial charge in [-0.15, -0.1) is 0 Å². The molecule has 2 rings (SSSR count). The molecule has 18 heavy (non-hydrogen) atoms. The minimum Gasteiger partial charge on any atom is -0.293 e. The minimum atomic E-state index is -0.301. The van der Waals surface area contributed by atoms with Crippen molar-refractivity contribution >= 4 is 17.5 Å². The number of carbonyl (C=O) groups is 1. The third-order valence-corrected chi connectivity index (χ3v) is 4.36. The van der Waals surface area contributed by atoms with Crippen molar-refractivity contribution in [3.05, 3.63) is 35.6 Å². The second-order valence-electron chi connectivity index (χ2n) is 4.55. The van der Waals surface area contributed by atoms with E-state index in [1.54, 1.807) is 12.1 Å². The summed E-state index contributed by atoms with van der Waals surface area (Å²) >= 11 is 1.94. The van der Waals surface area contributed by atoms with Crippen LogP contribution in [-0.2, 0) is 0 Å². The van der Waals surface area contributed by atoms with Crippen molar-refractivity contribution in [1.82, 2.24) is 4.90 Å². The molecule has 1 fully saturated rings. The molecule has 1 atom stereocenters. The lowest BCUT2D eigenvalue weighted by Crippen LogP contribution is -2.40. The van der Waals surface area contributed by atoms with E-state index in [0.29, 0.717) is 5.56 Å². The van der Waals surface area contributed by atoms with Crippen molar-refractivity contribution in [1.29, 1.82) is 0 Å². The van der Waals surface area contributed by atoms with Crippen molar-refractivity contribution < 1.29 is 9.18 Å². The molecular formula is C14H18FNOS. The van der Waals surface area contributed by atoms with Crippen LogP contribution >= 0.6 is 11.8 Å². The predicted molar refractivity (Wildman–Crippen MR) is 73.7 cm³/mol. The Balaban J connectivity index is 2.05. The molecule has 1 aliphatic heterocycles. The number of halogens is 1. The van der Waals surface area contributed by atoms with Crippen LogP contribution in [0, 0.1) is 5.82 Å². The molecule has 1 heterocycles. The summed E-state index contributed by atoms with van der Waals surface area (Å²) in [6.45, 7) is 3.88. The van der Waals surface area contributed by atoms with E-state index in [1.165, 1.54) is 17.9 Å². The average molecular weight is 267 g/mol. The third kappa shape index (κ3) is 3.33. The van der Waals surface area contributed by atoms with E-state index < -0.39 is 0 Å². The molecule has 0 aliphatic carbocycles. The van der Waals surface area contributed by atoms with Crippen molar-refractivity contribution in [3.8, 4) is 0 Å². The van der Waals surface area contributed by atoms with Crippen LogP contribution in [0.25, 0.3) is 0 Å². The highest BCUT2D eigenvalue weighted by atomic mass is 32.2. The number of hydrogen-bond donors (Lipinski definition) is 0. The number of Topliss-reactive ketones (excluding diaryl/α,β-unsaturated/α-hetero) is 1. The first kappa shape index (κ1) is 13.6. The molecular weight excluding hydrogens is 249 g/mol. The SMILES string of the molecule is CC(C(=O)c1ccc(F)cc1)N1CCCSCC1. The van der Waals surface area contributed by atoms with Gasteiger partial charge in [0.25, 0.3) is 0 Å². The van der Waals surface area contributed by atoms with Gasteiger partial charge in [0.05, 0.1) is 6.04 Å². The molecule has 98 valence electrons. The Hall–Kier alpha value is -0.870. The van der Waals surface area contributed by atoms with Gasteiger partial charge < -0.3 is 0 Å². The first-order valence-electron chi connectivity index (χ1n) is 6.30. The zero-order chi connectivity index (χ0) is 13.0. The fourth-order valence-electron chi connectivity index (χ4n) is 2.17. The molecule has 0 bridgehead atoms. The summed E-state index contributed by atoms with van der Waals surface area (Å²) in [4.78, 5) is 14.5. The van der Waals surface area contributed by atoms with Crippen LogP contribution in [-0.4, -0.2) is 41.3 Å². The zero-order valence-electron chi connectivity index (χ0n) is 10.6. The molecule has 0 N–H and O–H groups in total. The van der Waals surface area contributed by atoms with Gasteiger partial charge >= 0.3 is 0 Å². The Kier molecular flexibility index (Phi) is 4.78. The van der Waals surface area contributed by atoms with Crippen molar-refractivity contribution in [2.45, 2.75) is 19.4 Å². The van der Waals surface area contributed by atoms with Crippen LogP contribution in [0.1, 0.15) is 23.7 Å². The quantitative estimate of drug-likeness (QED) is 0.785. The van der Waals surface area contributed by atoms with E-state index in [-0.39, 0.29) is 17.6 Å². The van der Waals surface area contributed by atoms with Crippen LogP contribution in [0.4, 0.5) is 4.39 Å². The Morgan fingerprint density at radius 2 is 2.00 bits per heavy atom. The molecule has 1 aromatic rings. The van der Waals surface area contributed by atoms with Crippen LogP contribution in [0.3, 0.4) is 0 Å². The van der Waals surface area contributed by atoms with Gasteiger partial charge in [-0.1, -0.05) is 0 Å². The fraction of sp³-hybridized carbons (Fsp3) is 0.500. The maximum atomic E-state index is 12.8. The first-order chi connectivity index (χ1) is 8.68. The third-order valence-electron chi connectivity index (χ3n) is 3.31. The summed E-state index contributed by atoms with van der Waals surface area (Å²) < 4.78 is 12.8. The van der Waals surface area contributed by atoms with Crippen LogP contribution in [0.5, 0.6) is 0 Å². The summed E-state index contributed by atoms with van der Waals surface area (Å²) in [5, 5.41) is 0. The number of ketones is 1. The van der Waals surface area contributed by atoms with Crippen LogP contribution in [0.15, 0.2) is 24.3 Å². The summed E-state index contributed by atoms with van der Waals surface area (Å²) in [5.74, 6) is 2.04. The maximum Gasteiger partial charge on any atom is 0.179 e.